The van der Waals surface area contributed by atoms with Crippen molar-refractivity contribution in [3.05, 3.63) is 76.3 Å². The zero-order valence-electron chi connectivity index (χ0n) is 23.5. The number of hydrogen-bond acceptors (Lipinski definition) is 8. The van der Waals surface area contributed by atoms with Crippen molar-refractivity contribution < 1.29 is 28.2 Å². The number of ether oxygens (including phenoxy) is 1. The van der Waals surface area contributed by atoms with Gasteiger partial charge in [0.2, 0.25) is 0 Å². The Morgan fingerprint density at radius 2 is 1.85 bits per heavy atom. The summed E-state index contributed by atoms with van der Waals surface area (Å²) in [6, 6.07) is 10.4. The summed E-state index contributed by atoms with van der Waals surface area (Å²) < 4.78 is 35.9. The molecule has 1 unspecified atom stereocenters. The van der Waals surface area contributed by atoms with Crippen LogP contribution in [0.5, 0.6) is 5.75 Å². The molecule has 0 amide bonds. The molecule has 1 aliphatic rings. The van der Waals surface area contributed by atoms with Gasteiger partial charge in [0.25, 0.3) is 10.0 Å². The Labute approximate surface area is 239 Å². The van der Waals surface area contributed by atoms with Gasteiger partial charge in [0, 0.05) is 24.6 Å². The molecule has 1 atom stereocenters. The third kappa shape index (κ3) is 6.64. The molecule has 3 N–H and O–H groups in total. The molecular weight excluding hydrogens is 550 g/mol. The second-order valence-corrected chi connectivity index (χ2v) is 14.1. The first-order valence-electron chi connectivity index (χ1n) is 12.8. The summed E-state index contributed by atoms with van der Waals surface area (Å²) in [5.41, 5.74) is 1.57. The number of benzene rings is 2. The standard InChI is InChI=1S/C29H35N3O6S2/c1-18-13-24(21(28(2,3)4)14-22(18)31-40(36,37)25-16-32(6)17-30-25)39-26-23(34)15-29(5,38-27(26)35)12-11-19-7-9-20(33)10-8-19/h7-10,13-14,16-17,31,33-34H,11-12,15H2,1-6H3. The monoisotopic (exact) mass is 585 g/mol. The summed E-state index contributed by atoms with van der Waals surface area (Å²) in [7, 11) is -2.21. The van der Waals surface area contributed by atoms with Gasteiger partial charge in [-0.3, -0.25) is 4.72 Å². The van der Waals surface area contributed by atoms with E-state index in [2.05, 4.69) is 9.71 Å². The van der Waals surface area contributed by atoms with Crippen LogP contribution in [-0.2, 0) is 38.4 Å². The van der Waals surface area contributed by atoms with Gasteiger partial charge in [0.05, 0.1) is 12.0 Å². The van der Waals surface area contributed by atoms with Crippen LogP contribution in [0.15, 0.2) is 69.5 Å². The SMILES string of the molecule is Cc1cc(SC2=C(O)CC(C)(CCc3ccc(O)cc3)OC2=O)c(C(C)(C)C)cc1NS(=O)(=O)c1cn(C)cn1. The lowest BCUT2D eigenvalue weighted by molar-refractivity contribution is -0.156. The largest absolute Gasteiger partial charge is 0.511 e. The molecule has 214 valence electrons. The molecule has 0 fully saturated rings. The Hall–Kier alpha value is -3.44. The Kier molecular flexibility index (Phi) is 8.01. The van der Waals surface area contributed by atoms with Gasteiger partial charge in [-0.05, 0) is 73.1 Å². The van der Waals surface area contributed by atoms with E-state index >= 15 is 0 Å². The molecule has 0 aliphatic carbocycles. The lowest BCUT2D eigenvalue weighted by atomic mass is 9.86. The maximum Gasteiger partial charge on any atom is 0.348 e. The Morgan fingerprint density at radius 3 is 2.42 bits per heavy atom. The highest BCUT2D eigenvalue weighted by atomic mass is 32.2. The maximum atomic E-state index is 13.1. The molecule has 0 saturated carbocycles. The fraction of sp³-hybridized carbons (Fsp3) is 0.379. The third-order valence-corrected chi connectivity index (χ3v) is 9.17. The van der Waals surface area contributed by atoms with E-state index in [0.29, 0.717) is 24.1 Å². The third-order valence-electron chi connectivity index (χ3n) is 6.75. The van der Waals surface area contributed by atoms with Crippen molar-refractivity contribution in [3.8, 4) is 5.75 Å². The normalized spacial score (nSPS) is 18.1. The molecule has 9 nitrogen and oxygen atoms in total. The number of aryl methyl sites for hydroxylation is 3. The summed E-state index contributed by atoms with van der Waals surface area (Å²) in [6.45, 7) is 9.56. The van der Waals surface area contributed by atoms with Crippen LogP contribution in [0.25, 0.3) is 0 Å². The lowest BCUT2D eigenvalue weighted by Gasteiger charge is -2.34. The van der Waals surface area contributed by atoms with E-state index in [-0.39, 0.29) is 27.9 Å². The number of aliphatic hydroxyl groups excluding tert-OH is 1. The van der Waals surface area contributed by atoms with E-state index < -0.39 is 27.0 Å². The van der Waals surface area contributed by atoms with Crippen LogP contribution >= 0.6 is 11.8 Å². The van der Waals surface area contributed by atoms with Crippen molar-refractivity contribution in [1.82, 2.24) is 9.55 Å². The minimum Gasteiger partial charge on any atom is -0.511 e. The molecule has 3 aromatic rings. The van der Waals surface area contributed by atoms with Gasteiger partial charge in [-0.1, -0.05) is 44.7 Å². The van der Waals surface area contributed by atoms with Crippen LogP contribution in [0.3, 0.4) is 0 Å². The summed E-state index contributed by atoms with van der Waals surface area (Å²) in [4.78, 5) is 17.9. The molecule has 40 heavy (non-hydrogen) atoms. The van der Waals surface area contributed by atoms with Crippen molar-refractivity contribution in [3.63, 3.8) is 0 Å². The molecule has 0 saturated heterocycles. The molecule has 0 radical (unpaired) electrons. The van der Waals surface area contributed by atoms with Crippen LogP contribution in [0.2, 0.25) is 0 Å². The highest BCUT2D eigenvalue weighted by molar-refractivity contribution is 8.04. The number of phenols is 1. The molecule has 0 bridgehead atoms. The van der Waals surface area contributed by atoms with Crippen LogP contribution in [0, 0.1) is 6.92 Å². The van der Waals surface area contributed by atoms with Crippen LogP contribution < -0.4 is 4.72 Å². The highest BCUT2D eigenvalue weighted by Gasteiger charge is 2.39. The van der Waals surface area contributed by atoms with Crippen molar-refractivity contribution in [2.24, 2.45) is 7.05 Å². The van der Waals surface area contributed by atoms with Crippen LogP contribution in [-0.4, -0.2) is 39.8 Å². The number of nitrogens with zero attached hydrogens (tertiary/aromatic N) is 2. The van der Waals surface area contributed by atoms with Gasteiger partial charge >= 0.3 is 5.97 Å². The van der Waals surface area contributed by atoms with Gasteiger partial charge in [0.15, 0.2) is 5.03 Å². The number of hydrogen-bond donors (Lipinski definition) is 3. The number of phenolic OH excluding ortho intramolecular Hbond substituents is 1. The van der Waals surface area contributed by atoms with Gasteiger partial charge in [-0.15, -0.1) is 0 Å². The number of carbonyl (C=O) groups excluding carboxylic acids is 1. The number of imidazole rings is 1. The molecule has 1 aromatic heterocycles. The number of sulfonamides is 1. The minimum atomic E-state index is -3.90. The fourth-order valence-corrected chi connectivity index (χ4v) is 6.82. The molecule has 2 aromatic carbocycles. The molecule has 0 spiro atoms. The van der Waals surface area contributed by atoms with Crippen molar-refractivity contribution in [2.75, 3.05) is 4.72 Å². The van der Waals surface area contributed by atoms with E-state index in [4.69, 9.17) is 4.74 Å². The summed E-state index contributed by atoms with van der Waals surface area (Å²) in [6.07, 6.45) is 4.13. The number of aliphatic hydroxyl groups is 1. The predicted octanol–water partition coefficient (Wildman–Crippen LogP) is 5.73. The molecule has 4 rings (SSSR count). The average molecular weight is 586 g/mol. The van der Waals surface area contributed by atoms with Gasteiger partial charge < -0.3 is 19.5 Å². The van der Waals surface area contributed by atoms with Gasteiger partial charge in [-0.25, -0.2) is 9.78 Å². The topological polar surface area (TPSA) is 131 Å². The molecule has 11 heteroatoms. The van der Waals surface area contributed by atoms with E-state index in [1.54, 1.807) is 43.7 Å². The first-order valence-corrected chi connectivity index (χ1v) is 15.1. The number of nitrogens with one attached hydrogen (secondary N) is 1. The average Bonchev–Trinajstić information content (AvgIpc) is 3.29. The van der Waals surface area contributed by atoms with Crippen molar-refractivity contribution in [1.29, 1.82) is 0 Å². The first kappa shape index (κ1) is 29.5. The van der Waals surface area contributed by atoms with Crippen LogP contribution in [0.1, 0.15) is 57.2 Å². The number of cyclic esters (lactones) is 1. The zero-order valence-corrected chi connectivity index (χ0v) is 25.1. The van der Waals surface area contributed by atoms with Crippen molar-refractivity contribution in [2.45, 2.75) is 74.8 Å². The van der Waals surface area contributed by atoms with E-state index in [0.717, 1.165) is 27.8 Å². The van der Waals surface area contributed by atoms with Crippen LogP contribution in [0.4, 0.5) is 5.69 Å². The Balaban J connectivity index is 1.59. The number of anilines is 1. The number of aromatic hydroxyl groups is 1. The number of thioether (sulfide) groups is 1. The second kappa shape index (κ2) is 10.9. The first-order chi connectivity index (χ1) is 18.6. The van der Waals surface area contributed by atoms with Crippen molar-refractivity contribution >= 4 is 33.4 Å². The number of carbonyl (C=O) groups is 1. The van der Waals surface area contributed by atoms with E-state index in [1.807, 2.05) is 39.0 Å². The molecular formula is C29H35N3O6S2. The van der Waals surface area contributed by atoms with Gasteiger partial charge in [0.1, 0.15) is 22.0 Å². The summed E-state index contributed by atoms with van der Waals surface area (Å²) in [5.74, 6) is -0.448. The molecule has 1 aliphatic heterocycles. The Morgan fingerprint density at radius 1 is 1.18 bits per heavy atom. The minimum absolute atomic E-state index is 0.0353. The van der Waals surface area contributed by atoms with E-state index in [9.17, 15) is 23.4 Å². The van der Waals surface area contributed by atoms with Gasteiger partial charge in [-0.2, -0.15) is 8.42 Å². The maximum absolute atomic E-state index is 13.1. The number of aromatic nitrogens is 2. The predicted molar refractivity (Wildman–Crippen MR) is 155 cm³/mol. The van der Waals surface area contributed by atoms with E-state index in [1.165, 1.54) is 12.5 Å². The number of esters is 1. The summed E-state index contributed by atoms with van der Waals surface area (Å²) >= 11 is 1.13. The fourth-order valence-electron chi connectivity index (χ4n) is 4.47. The number of rotatable bonds is 8. The Bertz CT molecular complexity index is 1570. The molecule has 2 heterocycles. The smallest absolute Gasteiger partial charge is 0.348 e. The lowest BCUT2D eigenvalue weighted by Crippen LogP contribution is -2.37. The second-order valence-electron chi connectivity index (χ2n) is 11.5. The highest BCUT2D eigenvalue weighted by Crippen LogP contribution is 2.44. The quantitative estimate of drug-likeness (QED) is 0.286. The summed E-state index contributed by atoms with van der Waals surface area (Å²) in [5, 5.41) is 20.4. The zero-order chi connectivity index (χ0) is 29.5.